The summed E-state index contributed by atoms with van der Waals surface area (Å²) in [6, 6.07) is 5.70. The van der Waals surface area contributed by atoms with Gasteiger partial charge >= 0.3 is 11.9 Å². The van der Waals surface area contributed by atoms with E-state index < -0.39 is 11.8 Å². The molecule has 2 aromatic rings. The number of thiazole rings is 1. The zero-order valence-electron chi connectivity index (χ0n) is 16.4. The van der Waals surface area contributed by atoms with Crippen molar-refractivity contribution in [2.75, 3.05) is 31.6 Å². The van der Waals surface area contributed by atoms with E-state index in [1.54, 1.807) is 6.07 Å². The third-order valence-corrected chi connectivity index (χ3v) is 5.76. The number of methoxy groups -OCH3 is 1. The van der Waals surface area contributed by atoms with Crippen LogP contribution in [-0.4, -0.2) is 49.6 Å². The van der Waals surface area contributed by atoms with Crippen molar-refractivity contribution in [1.82, 2.24) is 10.3 Å². The molecule has 0 bridgehead atoms. The van der Waals surface area contributed by atoms with Crippen molar-refractivity contribution in [2.45, 2.75) is 19.3 Å². The van der Waals surface area contributed by atoms with Crippen molar-refractivity contribution in [1.29, 1.82) is 0 Å². The lowest BCUT2D eigenvalue weighted by Crippen LogP contribution is -2.41. The molecule has 1 aliphatic rings. The molecule has 3 rings (SSSR count). The van der Waals surface area contributed by atoms with Crippen LogP contribution in [-0.2, 0) is 14.3 Å². The number of rotatable bonds is 7. The molecule has 0 unspecified atom stereocenters. The van der Waals surface area contributed by atoms with Crippen LogP contribution in [0.1, 0.15) is 28.9 Å². The van der Waals surface area contributed by atoms with Gasteiger partial charge in [0.05, 0.1) is 19.7 Å². The molecule has 1 aromatic heterocycles. The van der Waals surface area contributed by atoms with Crippen molar-refractivity contribution >= 4 is 34.3 Å². The predicted molar refractivity (Wildman–Crippen MR) is 108 cm³/mol. The Labute approximate surface area is 177 Å². The number of hydrogen-bond acceptors (Lipinski definition) is 8. The molecule has 1 saturated heterocycles. The summed E-state index contributed by atoms with van der Waals surface area (Å²) in [7, 11) is 1.31. The molecule has 0 atom stereocenters. The average molecular weight is 435 g/mol. The molecule has 30 heavy (non-hydrogen) atoms. The molecular weight excluding hydrogens is 413 g/mol. The number of piperidine rings is 1. The molecule has 10 heteroatoms. The molecule has 1 fully saturated rings. The minimum atomic E-state index is -0.663. The Kier molecular flexibility index (Phi) is 7.34. The molecule has 1 N–H and O–H groups in total. The second-order valence-electron chi connectivity index (χ2n) is 6.71. The molecule has 0 radical (unpaired) electrons. The number of esters is 2. The van der Waals surface area contributed by atoms with Gasteiger partial charge in [0.15, 0.2) is 16.7 Å². The smallest absolute Gasteiger partial charge is 0.355 e. The number of para-hydroxylation sites is 1. The van der Waals surface area contributed by atoms with E-state index in [4.69, 9.17) is 4.74 Å². The van der Waals surface area contributed by atoms with Gasteiger partial charge in [0.2, 0.25) is 5.91 Å². The van der Waals surface area contributed by atoms with Gasteiger partial charge in [0.25, 0.3) is 0 Å². The number of nitrogens with one attached hydrogen (secondary N) is 1. The maximum absolute atomic E-state index is 13.6. The highest BCUT2D eigenvalue weighted by Gasteiger charge is 2.27. The molecule has 1 amide bonds. The van der Waals surface area contributed by atoms with Crippen LogP contribution in [0, 0.1) is 11.7 Å². The minimum Gasteiger partial charge on any atom is -0.469 e. The molecule has 8 nitrogen and oxygen atoms in total. The number of nitrogens with zero attached hydrogens (tertiary/aromatic N) is 2. The molecule has 2 heterocycles. The van der Waals surface area contributed by atoms with Crippen molar-refractivity contribution in [3.8, 4) is 5.75 Å². The van der Waals surface area contributed by atoms with Gasteiger partial charge in [0.1, 0.15) is 4.88 Å². The van der Waals surface area contributed by atoms with Crippen molar-refractivity contribution in [2.24, 2.45) is 5.92 Å². The summed E-state index contributed by atoms with van der Waals surface area (Å²) in [6.45, 7) is 1.49. The van der Waals surface area contributed by atoms with Gasteiger partial charge in [-0.15, -0.1) is 0 Å². The number of ether oxygens (including phenoxy) is 2. The Morgan fingerprint density at radius 1 is 1.27 bits per heavy atom. The fraction of sp³-hybridized carbons (Fsp3) is 0.400. The topological polar surface area (TPSA) is 97.8 Å². The molecule has 0 saturated carbocycles. The molecular formula is C20H22FN3O5S. The van der Waals surface area contributed by atoms with Gasteiger partial charge in [-0.2, -0.15) is 0 Å². The number of aromatic nitrogens is 1. The first-order valence-electron chi connectivity index (χ1n) is 9.50. The molecule has 1 aromatic carbocycles. The van der Waals surface area contributed by atoms with Crippen LogP contribution in [0.3, 0.4) is 0 Å². The lowest BCUT2D eigenvalue weighted by molar-refractivity contribution is -0.140. The zero-order chi connectivity index (χ0) is 21.5. The number of amides is 1. The molecule has 160 valence electrons. The monoisotopic (exact) mass is 435 g/mol. The lowest BCUT2D eigenvalue weighted by atomic mass is 9.96. The number of carbonyl (C=O) groups is 3. The Morgan fingerprint density at radius 2 is 2.00 bits per heavy atom. The quantitative estimate of drug-likeness (QED) is 0.527. The Balaban J connectivity index is 1.49. The summed E-state index contributed by atoms with van der Waals surface area (Å²) < 4.78 is 23.3. The van der Waals surface area contributed by atoms with Crippen LogP contribution in [0.4, 0.5) is 9.52 Å². The zero-order valence-corrected chi connectivity index (χ0v) is 17.2. The number of hydrogen-bond donors (Lipinski definition) is 1. The fourth-order valence-electron chi connectivity index (χ4n) is 3.05. The number of benzene rings is 1. The summed E-state index contributed by atoms with van der Waals surface area (Å²) >= 11 is 1.17. The number of anilines is 1. The summed E-state index contributed by atoms with van der Waals surface area (Å²) in [4.78, 5) is 42.1. The summed E-state index contributed by atoms with van der Waals surface area (Å²) in [5, 5.41) is 3.41. The van der Waals surface area contributed by atoms with Crippen LogP contribution in [0.15, 0.2) is 30.5 Å². The molecule has 0 aliphatic carbocycles. The van der Waals surface area contributed by atoms with Crippen molar-refractivity contribution < 1.29 is 28.2 Å². The van der Waals surface area contributed by atoms with Gasteiger partial charge in [-0.1, -0.05) is 23.5 Å². The lowest BCUT2D eigenvalue weighted by Gasteiger charge is -2.31. The summed E-state index contributed by atoms with van der Waals surface area (Å²) in [5.41, 5.74) is 0. The van der Waals surface area contributed by atoms with Crippen LogP contribution >= 0.6 is 11.3 Å². The van der Waals surface area contributed by atoms with Crippen LogP contribution < -0.4 is 15.0 Å². The van der Waals surface area contributed by atoms with Gasteiger partial charge in [-0.3, -0.25) is 9.59 Å². The first-order chi connectivity index (χ1) is 14.5. The second kappa shape index (κ2) is 10.1. The highest BCUT2D eigenvalue weighted by Crippen LogP contribution is 2.28. The Morgan fingerprint density at radius 3 is 2.70 bits per heavy atom. The first kappa shape index (κ1) is 21.7. The van der Waals surface area contributed by atoms with Crippen LogP contribution in [0.25, 0.3) is 0 Å². The number of halogens is 1. The first-order valence-corrected chi connectivity index (χ1v) is 10.3. The highest BCUT2D eigenvalue weighted by molar-refractivity contribution is 7.17. The van der Waals surface area contributed by atoms with Gasteiger partial charge in [-0.25, -0.2) is 14.2 Å². The Hall–Kier alpha value is -3.01. The highest BCUT2D eigenvalue weighted by atomic mass is 32.1. The largest absolute Gasteiger partial charge is 0.469 e. The van der Waals surface area contributed by atoms with E-state index in [0.29, 0.717) is 31.1 Å². The third-order valence-electron chi connectivity index (χ3n) is 4.73. The number of carbonyl (C=O) groups excluding carboxylic acids is 3. The minimum absolute atomic E-state index is 0.0770. The van der Waals surface area contributed by atoms with E-state index in [1.807, 2.05) is 4.90 Å². The average Bonchev–Trinajstić information content (AvgIpc) is 3.25. The van der Waals surface area contributed by atoms with E-state index >= 15 is 0 Å². The summed E-state index contributed by atoms with van der Waals surface area (Å²) in [6.07, 6.45) is 2.83. The fourth-order valence-corrected chi connectivity index (χ4v) is 3.89. The van der Waals surface area contributed by atoms with Gasteiger partial charge in [-0.05, 0) is 25.0 Å². The van der Waals surface area contributed by atoms with Crippen molar-refractivity contribution in [3.05, 3.63) is 41.2 Å². The van der Waals surface area contributed by atoms with Crippen molar-refractivity contribution in [3.63, 3.8) is 0 Å². The van der Waals surface area contributed by atoms with E-state index in [9.17, 15) is 18.8 Å². The van der Waals surface area contributed by atoms with E-state index in [-0.39, 0.29) is 41.4 Å². The summed E-state index contributed by atoms with van der Waals surface area (Å²) in [5.74, 6) is -1.97. The molecule has 0 spiro atoms. The second-order valence-corrected chi connectivity index (χ2v) is 7.71. The maximum Gasteiger partial charge on any atom is 0.355 e. The Bertz CT molecular complexity index is 911. The third kappa shape index (κ3) is 5.53. The van der Waals surface area contributed by atoms with E-state index in [0.717, 1.165) is 0 Å². The van der Waals surface area contributed by atoms with Gasteiger partial charge < -0.3 is 19.7 Å². The normalized spacial score (nSPS) is 14.3. The standard InChI is InChI=1S/C20H22FN3O5S/c1-28-17(25)6-9-22-18(26)13-7-10-24(11-8-13)20-23-12-16(30-20)19(27)29-15-5-3-2-4-14(15)21/h2-5,12-13H,6-11H2,1H3,(H,22,26). The van der Waals surface area contributed by atoms with E-state index in [2.05, 4.69) is 15.0 Å². The van der Waals surface area contributed by atoms with Crippen LogP contribution in [0.2, 0.25) is 0 Å². The van der Waals surface area contributed by atoms with E-state index in [1.165, 1.54) is 42.8 Å². The van der Waals surface area contributed by atoms with Gasteiger partial charge in [0, 0.05) is 25.6 Å². The SMILES string of the molecule is COC(=O)CCNC(=O)C1CCN(c2ncc(C(=O)Oc3ccccc3F)s2)CC1. The van der Waals surface area contributed by atoms with Crippen LogP contribution in [0.5, 0.6) is 5.75 Å². The predicted octanol–water partition coefficient (Wildman–Crippen LogP) is 2.40. The maximum atomic E-state index is 13.6. The molecule has 1 aliphatic heterocycles.